The summed E-state index contributed by atoms with van der Waals surface area (Å²) in [5.41, 5.74) is 3.60. The van der Waals surface area contributed by atoms with Crippen molar-refractivity contribution in [2.24, 2.45) is 12.9 Å². The Morgan fingerprint density at radius 2 is 2.00 bits per heavy atom. The topological polar surface area (TPSA) is 114 Å². The second-order valence-corrected chi connectivity index (χ2v) is 7.35. The summed E-state index contributed by atoms with van der Waals surface area (Å²) in [7, 11) is 1.54. The number of nitrogens with two attached hydrogens (primary N) is 1. The van der Waals surface area contributed by atoms with E-state index >= 15 is 0 Å². The van der Waals surface area contributed by atoms with Crippen molar-refractivity contribution in [1.82, 2.24) is 25.0 Å². The predicted molar refractivity (Wildman–Crippen MR) is 118 cm³/mol. The van der Waals surface area contributed by atoms with Gasteiger partial charge in [-0.15, -0.1) is 0 Å². The number of aromatic nitrogens is 2. The second kappa shape index (κ2) is 8.52. The molecule has 0 unspecified atom stereocenters. The molecule has 4 N–H and O–H groups in total. The molecule has 0 saturated carbocycles. The number of benzene rings is 2. The van der Waals surface area contributed by atoms with Crippen LogP contribution in [0.25, 0.3) is 10.9 Å². The maximum absolute atomic E-state index is 13.5. The van der Waals surface area contributed by atoms with E-state index in [4.69, 9.17) is 5.84 Å². The minimum atomic E-state index is -0.551. The van der Waals surface area contributed by atoms with Gasteiger partial charge in [0, 0.05) is 31.6 Å². The third-order valence-corrected chi connectivity index (χ3v) is 5.12. The van der Waals surface area contributed by atoms with Crippen molar-refractivity contribution in [1.29, 1.82) is 0 Å². The Morgan fingerprint density at radius 1 is 1.19 bits per heavy atom. The van der Waals surface area contributed by atoms with Crippen LogP contribution in [-0.2, 0) is 13.6 Å². The minimum Gasteiger partial charge on any atom is -0.348 e. The number of carbonyl (C=O) groups is 1. The van der Waals surface area contributed by atoms with Crippen LogP contribution in [0.4, 0.5) is 4.39 Å². The first-order valence-electron chi connectivity index (χ1n) is 9.77. The number of amides is 1. The average molecular weight is 436 g/mol. The van der Waals surface area contributed by atoms with Gasteiger partial charge in [0.2, 0.25) is 0 Å². The highest BCUT2D eigenvalue weighted by Crippen LogP contribution is 2.12. The smallest absolute Gasteiger partial charge is 0.331 e. The monoisotopic (exact) mass is 436 g/mol. The van der Waals surface area contributed by atoms with Crippen molar-refractivity contribution in [2.75, 3.05) is 6.54 Å². The lowest BCUT2D eigenvalue weighted by atomic mass is 10.1. The molecule has 3 aromatic rings. The number of halogens is 1. The Morgan fingerprint density at radius 3 is 2.75 bits per heavy atom. The largest absolute Gasteiger partial charge is 0.348 e. The van der Waals surface area contributed by atoms with Crippen LogP contribution in [0.1, 0.15) is 15.9 Å². The van der Waals surface area contributed by atoms with Gasteiger partial charge in [0.15, 0.2) is 0 Å². The highest BCUT2D eigenvalue weighted by atomic mass is 19.1. The molecule has 10 heteroatoms. The third-order valence-electron chi connectivity index (χ3n) is 5.12. The first-order valence-corrected chi connectivity index (χ1v) is 9.77. The van der Waals surface area contributed by atoms with E-state index in [0.717, 1.165) is 10.1 Å². The number of aryl methyl sites for hydroxylation is 1. The van der Waals surface area contributed by atoms with Gasteiger partial charge >= 0.3 is 5.69 Å². The number of nitrogens with one attached hydrogen (secondary N) is 2. The van der Waals surface area contributed by atoms with Gasteiger partial charge in [0.1, 0.15) is 5.82 Å². The number of carbonyl (C=O) groups excluding carboxylic acids is 1. The number of rotatable bonds is 5. The van der Waals surface area contributed by atoms with E-state index in [2.05, 4.69) is 10.7 Å². The Hall–Kier alpha value is -4.18. The summed E-state index contributed by atoms with van der Waals surface area (Å²) in [6, 6.07) is 10.3. The molecule has 1 aliphatic rings. The summed E-state index contributed by atoms with van der Waals surface area (Å²) in [6.45, 7) is 0.152. The Labute approximate surface area is 181 Å². The molecule has 0 atom stereocenters. The predicted octanol–water partition coefficient (Wildman–Crippen LogP) is 0.709. The second-order valence-electron chi connectivity index (χ2n) is 7.35. The SMILES string of the molecule is Cn1c(=O)n(Cc2cccc(F)c2)c(=O)c2cc(C(=O)NCC3=CN(N)NC=C3)ccc21. The molecule has 0 radical (unpaired) electrons. The zero-order chi connectivity index (χ0) is 22.8. The number of fused-ring (bicyclic) bond motifs is 1. The van der Waals surface area contributed by atoms with Crippen LogP contribution < -0.4 is 27.8 Å². The van der Waals surface area contributed by atoms with Crippen LogP contribution in [0.2, 0.25) is 0 Å². The third kappa shape index (κ3) is 4.16. The fraction of sp³-hybridized carbons (Fsp3) is 0.136. The summed E-state index contributed by atoms with van der Waals surface area (Å²) in [6.07, 6.45) is 5.03. The summed E-state index contributed by atoms with van der Waals surface area (Å²) in [5, 5.41) is 4.25. The molecule has 2 heterocycles. The lowest BCUT2D eigenvalue weighted by Crippen LogP contribution is -2.39. The normalized spacial score (nSPS) is 13.1. The molecule has 1 aliphatic heterocycles. The Bertz CT molecular complexity index is 1390. The molecular formula is C22H21FN6O3. The van der Waals surface area contributed by atoms with E-state index in [9.17, 15) is 18.8 Å². The maximum atomic E-state index is 13.5. The van der Waals surface area contributed by atoms with Gasteiger partial charge in [0.05, 0.1) is 17.4 Å². The van der Waals surface area contributed by atoms with E-state index in [1.165, 1.54) is 34.0 Å². The first kappa shape index (κ1) is 21.1. The van der Waals surface area contributed by atoms with Crippen molar-refractivity contribution in [2.45, 2.75) is 6.54 Å². The van der Waals surface area contributed by atoms with Crippen LogP contribution in [0.3, 0.4) is 0 Å². The van der Waals surface area contributed by atoms with Crippen molar-refractivity contribution in [3.8, 4) is 0 Å². The highest BCUT2D eigenvalue weighted by molar-refractivity contribution is 5.98. The van der Waals surface area contributed by atoms with Crippen LogP contribution in [0.15, 0.2) is 76.1 Å². The highest BCUT2D eigenvalue weighted by Gasteiger charge is 2.15. The van der Waals surface area contributed by atoms with Crippen LogP contribution >= 0.6 is 0 Å². The summed E-state index contributed by atoms with van der Waals surface area (Å²) in [5.74, 6) is 4.79. The van der Waals surface area contributed by atoms with E-state index in [1.807, 2.05) is 0 Å². The zero-order valence-electron chi connectivity index (χ0n) is 17.2. The quantitative estimate of drug-likeness (QED) is 0.508. The van der Waals surface area contributed by atoms with Crippen molar-refractivity contribution >= 4 is 16.8 Å². The summed E-state index contributed by atoms with van der Waals surface area (Å²) < 4.78 is 15.9. The van der Waals surface area contributed by atoms with Gasteiger partial charge in [0.25, 0.3) is 11.5 Å². The van der Waals surface area contributed by atoms with Crippen molar-refractivity contribution in [3.63, 3.8) is 0 Å². The number of hydrogen-bond acceptors (Lipinski definition) is 6. The van der Waals surface area contributed by atoms with Crippen molar-refractivity contribution in [3.05, 3.63) is 104 Å². The molecule has 0 fully saturated rings. The van der Waals surface area contributed by atoms with Crippen LogP contribution in [0, 0.1) is 5.82 Å². The number of hydrogen-bond donors (Lipinski definition) is 3. The standard InChI is InChI=1S/C22H21FN6O3/c1-27-19-6-5-16(20(30)25-11-15-7-8-26-29(24)13-15)10-18(19)21(31)28(22(27)32)12-14-3-2-4-17(23)9-14/h2-10,13,26H,11-12,24H2,1H3,(H,25,30). The Kier molecular flexibility index (Phi) is 5.61. The Balaban J connectivity index is 1.67. The van der Waals surface area contributed by atoms with Crippen molar-refractivity contribution < 1.29 is 9.18 Å². The number of hydrazine groups is 2. The van der Waals surface area contributed by atoms with Gasteiger partial charge in [-0.05, 0) is 47.5 Å². The van der Waals surface area contributed by atoms with E-state index < -0.39 is 17.1 Å². The van der Waals surface area contributed by atoms with Crippen LogP contribution in [0.5, 0.6) is 0 Å². The fourth-order valence-electron chi connectivity index (χ4n) is 3.49. The van der Waals surface area contributed by atoms with Gasteiger partial charge < -0.3 is 5.32 Å². The molecule has 0 aliphatic carbocycles. The summed E-state index contributed by atoms with van der Waals surface area (Å²) in [4.78, 5) is 38.5. The fourth-order valence-corrected chi connectivity index (χ4v) is 3.49. The number of nitrogens with zero attached hydrogens (tertiary/aromatic N) is 3. The minimum absolute atomic E-state index is 0.0836. The van der Waals surface area contributed by atoms with E-state index in [1.54, 1.807) is 43.7 Å². The van der Waals surface area contributed by atoms with Gasteiger partial charge in [-0.1, -0.05) is 12.1 Å². The molecule has 1 aromatic heterocycles. The zero-order valence-corrected chi connectivity index (χ0v) is 17.2. The van der Waals surface area contributed by atoms with Gasteiger partial charge in [-0.2, -0.15) is 0 Å². The average Bonchev–Trinajstić information content (AvgIpc) is 2.78. The van der Waals surface area contributed by atoms with Gasteiger partial charge in [-0.3, -0.25) is 24.1 Å². The summed E-state index contributed by atoms with van der Waals surface area (Å²) >= 11 is 0. The molecular weight excluding hydrogens is 415 g/mol. The first-order chi connectivity index (χ1) is 15.3. The van der Waals surface area contributed by atoms with E-state index in [0.29, 0.717) is 11.1 Å². The molecule has 0 spiro atoms. The molecule has 9 nitrogen and oxygen atoms in total. The maximum Gasteiger partial charge on any atom is 0.331 e. The lowest BCUT2D eigenvalue weighted by molar-refractivity contribution is 0.0957. The molecule has 0 bridgehead atoms. The lowest BCUT2D eigenvalue weighted by Gasteiger charge is -2.19. The molecule has 4 rings (SSSR count). The van der Waals surface area contributed by atoms with Crippen LogP contribution in [-0.4, -0.2) is 26.7 Å². The molecule has 32 heavy (non-hydrogen) atoms. The molecule has 1 amide bonds. The molecule has 164 valence electrons. The molecule has 2 aromatic carbocycles. The molecule has 0 saturated heterocycles. The van der Waals surface area contributed by atoms with Gasteiger partial charge in [-0.25, -0.2) is 20.1 Å². The van der Waals surface area contributed by atoms with E-state index in [-0.39, 0.29) is 29.9 Å².